The Morgan fingerprint density at radius 3 is 2.22 bits per heavy atom. The molecule has 2 N–H and O–H groups in total. The molecule has 0 aromatic heterocycles. The van der Waals surface area contributed by atoms with E-state index in [-0.39, 0.29) is 12.2 Å². The van der Waals surface area contributed by atoms with Crippen LogP contribution in [0, 0.1) is 0 Å². The maximum absolute atomic E-state index is 10.9. The number of ether oxygens (including phenoxy) is 2. The van der Waals surface area contributed by atoms with Gasteiger partial charge in [-0.05, 0) is 6.07 Å². The van der Waals surface area contributed by atoms with E-state index in [1.807, 2.05) is 0 Å². The van der Waals surface area contributed by atoms with Gasteiger partial charge >= 0.3 is 5.97 Å². The van der Waals surface area contributed by atoms with Gasteiger partial charge in [-0.2, -0.15) is 0 Å². The Bertz CT molecular complexity index is 451. The Hall–Kier alpha value is -1.91. The van der Waals surface area contributed by atoms with Crippen LogP contribution in [0.4, 0.5) is 0 Å². The fraction of sp³-hybridized carbons (Fsp3) is 0.462. The molecule has 0 amide bonds. The number of hydrogen-bond acceptors (Lipinski definition) is 4. The summed E-state index contributed by atoms with van der Waals surface area (Å²) < 4.78 is 10.2. The van der Waals surface area contributed by atoms with Crippen molar-refractivity contribution < 1.29 is 24.5 Å². The predicted molar refractivity (Wildman–Crippen MR) is 66.5 cm³/mol. The average molecular weight is 254 g/mol. The molecule has 100 valence electrons. The summed E-state index contributed by atoms with van der Waals surface area (Å²) in [5.41, 5.74) is 0.0556. The van der Waals surface area contributed by atoms with Crippen molar-refractivity contribution in [3.8, 4) is 17.2 Å². The van der Waals surface area contributed by atoms with E-state index < -0.39 is 11.4 Å². The van der Waals surface area contributed by atoms with E-state index in [1.165, 1.54) is 20.3 Å². The molecule has 0 saturated heterocycles. The van der Waals surface area contributed by atoms with E-state index >= 15 is 0 Å². The van der Waals surface area contributed by atoms with Gasteiger partial charge in [-0.1, -0.05) is 13.8 Å². The minimum Gasteiger partial charge on any atom is -0.504 e. The molecule has 0 radical (unpaired) electrons. The predicted octanol–water partition coefficient (Wildman–Crippen LogP) is 2.16. The maximum Gasteiger partial charge on any atom is 0.304 e. The smallest absolute Gasteiger partial charge is 0.304 e. The Morgan fingerprint density at radius 2 is 1.78 bits per heavy atom. The van der Waals surface area contributed by atoms with Crippen molar-refractivity contribution in [3.05, 3.63) is 17.7 Å². The Kier molecular flexibility index (Phi) is 4.06. The molecule has 0 saturated carbocycles. The molecule has 1 rings (SSSR count). The third-order valence-electron chi connectivity index (χ3n) is 2.82. The van der Waals surface area contributed by atoms with Crippen molar-refractivity contribution >= 4 is 5.97 Å². The fourth-order valence-electron chi connectivity index (χ4n) is 1.88. The van der Waals surface area contributed by atoms with Crippen molar-refractivity contribution in [2.75, 3.05) is 14.2 Å². The van der Waals surface area contributed by atoms with Crippen LogP contribution in [-0.4, -0.2) is 30.4 Å². The molecule has 18 heavy (non-hydrogen) atoms. The van der Waals surface area contributed by atoms with Gasteiger partial charge in [0.15, 0.2) is 11.5 Å². The number of aliphatic carboxylic acids is 1. The molecule has 1 aromatic carbocycles. The van der Waals surface area contributed by atoms with Crippen LogP contribution in [0.5, 0.6) is 17.2 Å². The summed E-state index contributed by atoms with van der Waals surface area (Å²) in [5, 5.41) is 18.6. The average Bonchev–Trinajstić information content (AvgIpc) is 2.26. The van der Waals surface area contributed by atoms with Crippen molar-refractivity contribution in [3.63, 3.8) is 0 Å². The first-order valence-electron chi connectivity index (χ1n) is 5.49. The third-order valence-corrected chi connectivity index (χ3v) is 2.82. The third kappa shape index (κ3) is 2.85. The number of aromatic hydroxyl groups is 1. The first-order chi connectivity index (χ1) is 8.31. The standard InChI is InChI=1S/C13H18O5/c1-13(2,7-12(15)16)8-5-11(18-4)9(14)6-10(8)17-3/h5-6,14H,7H2,1-4H3,(H,15,16). The van der Waals surface area contributed by atoms with Gasteiger partial charge in [0.2, 0.25) is 0 Å². The maximum atomic E-state index is 10.9. The highest BCUT2D eigenvalue weighted by atomic mass is 16.5. The first-order valence-corrected chi connectivity index (χ1v) is 5.49. The number of carboxylic acids is 1. The van der Waals surface area contributed by atoms with Gasteiger partial charge in [-0.3, -0.25) is 4.79 Å². The van der Waals surface area contributed by atoms with E-state index in [4.69, 9.17) is 14.6 Å². The molecule has 0 aliphatic rings. The highest BCUT2D eigenvalue weighted by Crippen LogP contribution is 2.41. The lowest BCUT2D eigenvalue weighted by molar-refractivity contribution is -0.138. The summed E-state index contributed by atoms with van der Waals surface area (Å²) in [6.07, 6.45) is -0.0444. The largest absolute Gasteiger partial charge is 0.504 e. The minimum atomic E-state index is -0.894. The van der Waals surface area contributed by atoms with Crippen molar-refractivity contribution in [1.29, 1.82) is 0 Å². The van der Waals surface area contributed by atoms with Crippen LogP contribution in [0.3, 0.4) is 0 Å². The second-order valence-electron chi connectivity index (χ2n) is 4.68. The molecule has 0 heterocycles. The Labute approximate surface area is 106 Å². The first kappa shape index (κ1) is 14.2. The number of benzene rings is 1. The molecule has 0 spiro atoms. The second-order valence-corrected chi connectivity index (χ2v) is 4.68. The molecule has 0 atom stereocenters. The number of phenols is 1. The molecule has 1 aromatic rings. The van der Waals surface area contributed by atoms with E-state index in [0.717, 1.165) is 0 Å². The monoisotopic (exact) mass is 254 g/mol. The highest BCUT2D eigenvalue weighted by molar-refractivity contribution is 5.69. The molecule has 0 unspecified atom stereocenters. The number of methoxy groups -OCH3 is 2. The van der Waals surface area contributed by atoms with Gasteiger partial charge in [0.25, 0.3) is 0 Å². The molecular weight excluding hydrogens is 236 g/mol. The summed E-state index contributed by atoms with van der Waals surface area (Å²) >= 11 is 0. The quantitative estimate of drug-likeness (QED) is 0.842. The molecule has 0 aliphatic heterocycles. The van der Waals surface area contributed by atoms with Crippen molar-refractivity contribution in [1.82, 2.24) is 0 Å². The van der Waals surface area contributed by atoms with Crippen LogP contribution in [0.1, 0.15) is 25.8 Å². The molecule has 0 aliphatic carbocycles. The van der Waals surface area contributed by atoms with Crippen LogP contribution >= 0.6 is 0 Å². The summed E-state index contributed by atoms with van der Waals surface area (Å²) in [6.45, 7) is 3.60. The van der Waals surface area contributed by atoms with Gasteiger partial charge in [0.05, 0.1) is 20.6 Å². The number of carboxylic acid groups (broad SMARTS) is 1. The van der Waals surface area contributed by atoms with E-state index in [1.54, 1.807) is 19.9 Å². The van der Waals surface area contributed by atoms with Gasteiger partial charge in [-0.25, -0.2) is 0 Å². The van der Waals surface area contributed by atoms with Crippen molar-refractivity contribution in [2.24, 2.45) is 0 Å². The summed E-state index contributed by atoms with van der Waals surface area (Å²) in [6, 6.07) is 3.04. The van der Waals surface area contributed by atoms with Crippen LogP contribution in [0.15, 0.2) is 12.1 Å². The normalized spacial score (nSPS) is 11.1. The highest BCUT2D eigenvalue weighted by Gasteiger charge is 2.29. The van der Waals surface area contributed by atoms with E-state index in [9.17, 15) is 9.90 Å². The van der Waals surface area contributed by atoms with Crippen LogP contribution < -0.4 is 9.47 Å². The Morgan fingerprint density at radius 1 is 1.22 bits per heavy atom. The van der Waals surface area contributed by atoms with Gasteiger partial charge in [0.1, 0.15) is 5.75 Å². The summed E-state index contributed by atoms with van der Waals surface area (Å²) in [5.74, 6) is -0.192. The topological polar surface area (TPSA) is 76.0 Å². The van der Waals surface area contributed by atoms with Gasteiger partial charge in [-0.15, -0.1) is 0 Å². The molecular formula is C13H18O5. The van der Waals surface area contributed by atoms with Crippen molar-refractivity contribution in [2.45, 2.75) is 25.7 Å². The second kappa shape index (κ2) is 5.16. The SMILES string of the molecule is COc1cc(C(C)(C)CC(=O)O)c(OC)cc1O. The lowest BCUT2D eigenvalue weighted by Gasteiger charge is -2.26. The number of carbonyl (C=O) groups is 1. The number of phenolic OH excluding ortho intramolecular Hbond substituents is 1. The number of rotatable bonds is 5. The lowest BCUT2D eigenvalue weighted by Crippen LogP contribution is -2.22. The lowest BCUT2D eigenvalue weighted by atomic mass is 9.81. The molecule has 5 heteroatoms. The summed E-state index contributed by atoms with van der Waals surface area (Å²) in [7, 11) is 2.91. The molecule has 0 bridgehead atoms. The van der Waals surface area contributed by atoms with Crippen LogP contribution in [0.2, 0.25) is 0 Å². The number of hydrogen-bond donors (Lipinski definition) is 2. The minimum absolute atomic E-state index is 0.0378. The molecule has 0 fully saturated rings. The fourth-order valence-corrected chi connectivity index (χ4v) is 1.88. The van der Waals surface area contributed by atoms with Gasteiger partial charge < -0.3 is 19.7 Å². The summed E-state index contributed by atoms with van der Waals surface area (Å²) in [4.78, 5) is 10.9. The van der Waals surface area contributed by atoms with Gasteiger partial charge in [0, 0.05) is 17.0 Å². The van der Waals surface area contributed by atoms with E-state index in [0.29, 0.717) is 17.1 Å². The molecule has 5 nitrogen and oxygen atoms in total. The zero-order valence-corrected chi connectivity index (χ0v) is 11.0. The van der Waals surface area contributed by atoms with E-state index in [2.05, 4.69) is 0 Å². The zero-order chi connectivity index (χ0) is 13.9. The van der Waals surface area contributed by atoms with Crippen LogP contribution in [0.25, 0.3) is 0 Å². The van der Waals surface area contributed by atoms with Crippen LogP contribution in [-0.2, 0) is 10.2 Å². The Balaban J connectivity index is 3.32. The zero-order valence-electron chi connectivity index (χ0n) is 11.0.